The van der Waals surface area contributed by atoms with Crippen LogP contribution in [0.2, 0.25) is 0 Å². The van der Waals surface area contributed by atoms with Crippen molar-refractivity contribution < 1.29 is 14.3 Å². The van der Waals surface area contributed by atoms with Crippen LogP contribution in [0.4, 0.5) is 11.4 Å². The van der Waals surface area contributed by atoms with Gasteiger partial charge in [-0.2, -0.15) is 0 Å². The number of nitrogens with one attached hydrogen (secondary N) is 2. The Hall–Kier alpha value is -2.86. The average Bonchev–Trinajstić information content (AvgIpc) is 2.92. The zero-order valence-electron chi connectivity index (χ0n) is 16.6. The minimum Gasteiger partial charge on any atom is -0.383 e. The van der Waals surface area contributed by atoms with Crippen LogP contribution in [0.3, 0.4) is 0 Å². The van der Waals surface area contributed by atoms with Gasteiger partial charge >= 0.3 is 0 Å². The molecule has 0 radical (unpaired) electrons. The summed E-state index contributed by atoms with van der Waals surface area (Å²) < 4.78 is 5.23. The first-order chi connectivity index (χ1) is 13.3. The molecule has 2 aliphatic rings. The Kier molecular flexibility index (Phi) is 4.19. The standard InChI is InChI=1S/C22H25N3O3/c1-21(2,3)14-9-10-18-16(13-14)22(20(27)23-18)24-17-8-6-5-7-15(17)19(26)25(22)11-12-28-4/h5-10,13,24H,11-12H2,1-4H3,(H,23,27)/t22-/m1/s1. The summed E-state index contributed by atoms with van der Waals surface area (Å²) in [6.07, 6.45) is 0. The largest absolute Gasteiger partial charge is 0.383 e. The van der Waals surface area contributed by atoms with Gasteiger partial charge in [-0.15, -0.1) is 0 Å². The topological polar surface area (TPSA) is 70.7 Å². The summed E-state index contributed by atoms with van der Waals surface area (Å²) in [7, 11) is 1.59. The summed E-state index contributed by atoms with van der Waals surface area (Å²) in [5.74, 6) is -0.442. The molecule has 0 bridgehead atoms. The molecule has 2 amide bonds. The zero-order chi connectivity index (χ0) is 20.1. The van der Waals surface area contributed by atoms with Crippen molar-refractivity contribution in [2.45, 2.75) is 31.8 Å². The third-order valence-corrected chi connectivity index (χ3v) is 5.49. The molecule has 0 saturated carbocycles. The first-order valence-corrected chi connectivity index (χ1v) is 9.43. The predicted octanol–water partition coefficient (Wildman–Crippen LogP) is 3.30. The van der Waals surface area contributed by atoms with Crippen molar-refractivity contribution in [3.8, 4) is 0 Å². The van der Waals surface area contributed by atoms with Crippen molar-refractivity contribution in [3.05, 3.63) is 59.2 Å². The van der Waals surface area contributed by atoms with Gasteiger partial charge in [-0.05, 0) is 35.2 Å². The number of anilines is 2. The quantitative estimate of drug-likeness (QED) is 0.858. The molecular weight excluding hydrogens is 354 g/mol. The van der Waals surface area contributed by atoms with Crippen molar-refractivity contribution in [1.82, 2.24) is 4.90 Å². The maximum Gasteiger partial charge on any atom is 0.276 e. The third-order valence-electron chi connectivity index (χ3n) is 5.49. The maximum atomic E-state index is 13.4. The van der Waals surface area contributed by atoms with Crippen LogP contribution in [-0.2, 0) is 20.6 Å². The Balaban J connectivity index is 1.94. The van der Waals surface area contributed by atoms with Gasteiger partial charge < -0.3 is 20.3 Å². The smallest absolute Gasteiger partial charge is 0.276 e. The van der Waals surface area contributed by atoms with Gasteiger partial charge in [-0.3, -0.25) is 9.59 Å². The summed E-state index contributed by atoms with van der Waals surface area (Å²) in [5, 5.41) is 6.34. The maximum absolute atomic E-state index is 13.4. The van der Waals surface area contributed by atoms with E-state index in [4.69, 9.17) is 4.74 Å². The van der Waals surface area contributed by atoms with Crippen molar-refractivity contribution in [1.29, 1.82) is 0 Å². The molecule has 2 heterocycles. The summed E-state index contributed by atoms with van der Waals surface area (Å²) in [5.41, 5.74) is 2.42. The van der Waals surface area contributed by atoms with E-state index in [1.54, 1.807) is 18.1 Å². The molecule has 1 atom stereocenters. The van der Waals surface area contributed by atoms with Crippen molar-refractivity contribution >= 4 is 23.2 Å². The van der Waals surface area contributed by atoms with Crippen LogP contribution in [0.25, 0.3) is 0 Å². The Morgan fingerprint density at radius 3 is 2.54 bits per heavy atom. The number of nitrogens with zero attached hydrogens (tertiary/aromatic N) is 1. The molecule has 0 aliphatic carbocycles. The highest BCUT2D eigenvalue weighted by Crippen LogP contribution is 2.46. The number of carbonyl (C=O) groups excluding carboxylic acids is 2. The molecule has 6 nitrogen and oxygen atoms in total. The van der Waals surface area contributed by atoms with Crippen molar-refractivity contribution in [2.75, 3.05) is 30.9 Å². The molecule has 146 valence electrons. The van der Waals surface area contributed by atoms with E-state index in [9.17, 15) is 9.59 Å². The molecule has 0 unspecified atom stereocenters. The number of fused-ring (bicyclic) bond motifs is 3. The van der Waals surface area contributed by atoms with Gasteiger partial charge in [0.1, 0.15) is 0 Å². The lowest BCUT2D eigenvalue weighted by molar-refractivity contribution is -0.125. The van der Waals surface area contributed by atoms with Crippen molar-refractivity contribution in [3.63, 3.8) is 0 Å². The molecule has 4 rings (SSSR count). The number of carbonyl (C=O) groups is 2. The Morgan fingerprint density at radius 1 is 1.07 bits per heavy atom. The lowest BCUT2D eigenvalue weighted by Crippen LogP contribution is -2.62. The fourth-order valence-electron chi connectivity index (χ4n) is 3.94. The molecule has 1 spiro atoms. The lowest BCUT2D eigenvalue weighted by atomic mass is 9.83. The van der Waals surface area contributed by atoms with Gasteiger partial charge in [0.2, 0.25) is 5.66 Å². The fourth-order valence-corrected chi connectivity index (χ4v) is 3.94. The monoisotopic (exact) mass is 379 g/mol. The van der Waals surface area contributed by atoms with Gasteiger partial charge in [-0.25, -0.2) is 0 Å². The summed E-state index contributed by atoms with van der Waals surface area (Å²) in [4.78, 5) is 28.3. The molecule has 2 N–H and O–H groups in total. The minimum absolute atomic E-state index is 0.0875. The second-order valence-electron chi connectivity index (χ2n) is 8.30. The predicted molar refractivity (Wildman–Crippen MR) is 108 cm³/mol. The summed E-state index contributed by atoms with van der Waals surface area (Å²) in [6.45, 7) is 7.01. The second kappa shape index (κ2) is 6.34. The molecule has 0 aromatic heterocycles. The van der Waals surface area contributed by atoms with Gasteiger partial charge in [0, 0.05) is 30.6 Å². The van der Waals surface area contributed by atoms with Crippen molar-refractivity contribution in [2.24, 2.45) is 0 Å². The molecule has 2 aliphatic heterocycles. The first-order valence-electron chi connectivity index (χ1n) is 9.43. The molecule has 28 heavy (non-hydrogen) atoms. The van der Waals surface area contributed by atoms with Crippen LogP contribution < -0.4 is 10.6 Å². The molecule has 0 fully saturated rings. The lowest BCUT2D eigenvalue weighted by Gasteiger charge is -2.44. The number of methoxy groups -OCH3 is 1. The van der Waals surface area contributed by atoms with Crippen LogP contribution in [-0.4, -0.2) is 37.0 Å². The third kappa shape index (κ3) is 2.59. The number of rotatable bonds is 3. The second-order valence-corrected chi connectivity index (χ2v) is 8.30. The minimum atomic E-state index is -1.29. The number of amides is 2. The van der Waals surface area contributed by atoms with E-state index in [1.165, 1.54) is 0 Å². The fraction of sp³-hybridized carbons (Fsp3) is 0.364. The molecular formula is C22H25N3O3. The zero-order valence-corrected chi connectivity index (χ0v) is 16.6. The molecule has 6 heteroatoms. The van der Waals surface area contributed by atoms with E-state index in [0.717, 1.165) is 16.8 Å². The highest BCUT2D eigenvalue weighted by molar-refractivity contribution is 6.14. The normalized spacial score (nSPS) is 20.6. The van der Waals surface area contributed by atoms with Gasteiger partial charge in [0.05, 0.1) is 12.2 Å². The Bertz CT molecular complexity index is 964. The van der Waals surface area contributed by atoms with E-state index in [1.807, 2.05) is 36.4 Å². The number of ether oxygens (including phenoxy) is 1. The SMILES string of the molecule is COCCN1C(=O)c2ccccc2N[C@@]12C(=O)Nc1ccc(C(C)(C)C)cc12. The van der Waals surface area contributed by atoms with Crippen LogP contribution in [0.5, 0.6) is 0 Å². The highest BCUT2D eigenvalue weighted by Gasteiger charge is 2.56. The van der Waals surface area contributed by atoms with E-state index < -0.39 is 5.66 Å². The van der Waals surface area contributed by atoms with Crippen LogP contribution in [0.1, 0.15) is 42.3 Å². The average molecular weight is 379 g/mol. The van der Waals surface area contributed by atoms with E-state index in [-0.39, 0.29) is 17.2 Å². The molecule has 2 aromatic rings. The van der Waals surface area contributed by atoms with E-state index >= 15 is 0 Å². The number of benzene rings is 2. The number of para-hydroxylation sites is 1. The Morgan fingerprint density at radius 2 is 1.82 bits per heavy atom. The van der Waals surface area contributed by atoms with E-state index in [2.05, 4.69) is 31.4 Å². The summed E-state index contributed by atoms with van der Waals surface area (Å²) in [6, 6.07) is 13.3. The molecule has 2 aromatic carbocycles. The number of hydrogen-bond donors (Lipinski definition) is 2. The molecule has 0 saturated heterocycles. The number of hydrogen-bond acceptors (Lipinski definition) is 4. The van der Waals surface area contributed by atoms with Gasteiger partial charge in [0.25, 0.3) is 11.8 Å². The highest BCUT2D eigenvalue weighted by atomic mass is 16.5. The van der Waals surface area contributed by atoms with Gasteiger partial charge in [-0.1, -0.05) is 39.0 Å². The Labute approximate surface area is 164 Å². The van der Waals surface area contributed by atoms with Gasteiger partial charge in [0.15, 0.2) is 0 Å². The first kappa shape index (κ1) is 18.5. The van der Waals surface area contributed by atoms with Crippen LogP contribution in [0, 0.1) is 0 Å². The van der Waals surface area contributed by atoms with E-state index in [0.29, 0.717) is 24.4 Å². The van der Waals surface area contributed by atoms with Crippen LogP contribution >= 0.6 is 0 Å². The van der Waals surface area contributed by atoms with Crippen LogP contribution in [0.15, 0.2) is 42.5 Å². The summed E-state index contributed by atoms with van der Waals surface area (Å²) >= 11 is 0.